The van der Waals surface area contributed by atoms with Crippen LogP contribution in [-0.2, 0) is 40.0 Å². The molecule has 3 N–H and O–H groups in total. The topological polar surface area (TPSA) is 177 Å². The highest BCUT2D eigenvalue weighted by atomic mass is 35.5. The smallest absolute Gasteiger partial charge is 0.306 e. The number of rotatable bonds is 10. The summed E-state index contributed by atoms with van der Waals surface area (Å²) in [6, 6.07) is 7.70. The molecule has 2 aliphatic rings. The van der Waals surface area contributed by atoms with Crippen molar-refractivity contribution in [2.24, 2.45) is 11.8 Å². The number of ether oxygens (including phenoxy) is 1. The van der Waals surface area contributed by atoms with Crippen LogP contribution in [0.5, 0.6) is 0 Å². The van der Waals surface area contributed by atoms with Crippen molar-refractivity contribution in [3.63, 3.8) is 0 Å². The van der Waals surface area contributed by atoms with Crippen LogP contribution in [0, 0.1) is 11.8 Å². The highest BCUT2D eigenvalue weighted by Crippen LogP contribution is 2.43. The minimum absolute atomic E-state index is 0.00884. The number of nitrogens with zero attached hydrogens (tertiary/aromatic N) is 9. The summed E-state index contributed by atoms with van der Waals surface area (Å²) in [5.41, 5.74) is 5.76. The summed E-state index contributed by atoms with van der Waals surface area (Å²) in [6.07, 6.45) is 14.3. The van der Waals surface area contributed by atoms with Crippen LogP contribution in [0.2, 0.25) is 10.0 Å². The first-order chi connectivity index (χ1) is 29.2. The number of pyridine rings is 2. The molecule has 19 heteroatoms. The number of hydrogen-bond acceptors (Lipinski definition) is 13. The normalized spacial score (nSPS) is 16.1. The van der Waals surface area contributed by atoms with Gasteiger partial charge in [0.25, 0.3) is 0 Å². The summed E-state index contributed by atoms with van der Waals surface area (Å²) < 4.78 is 8.61. The van der Waals surface area contributed by atoms with Crippen molar-refractivity contribution in [2.75, 3.05) is 37.4 Å². The lowest BCUT2D eigenvalue weighted by molar-refractivity contribution is -0.142. The number of carbonyl (C=O) groups excluding carboxylic acids is 1. The lowest BCUT2D eigenvalue weighted by Crippen LogP contribution is -2.39. The number of anilines is 4. The molecule has 308 valence electrons. The van der Waals surface area contributed by atoms with Crippen molar-refractivity contribution in [3.8, 4) is 0 Å². The number of carbonyl (C=O) groups is 2. The molecule has 10 rings (SSSR count). The van der Waals surface area contributed by atoms with Gasteiger partial charge in [-0.05, 0) is 80.8 Å². The van der Waals surface area contributed by atoms with Crippen LogP contribution >= 0.6 is 45.9 Å². The molecule has 0 radical (unpaired) electrons. The van der Waals surface area contributed by atoms with Crippen molar-refractivity contribution in [3.05, 3.63) is 92.6 Å². The van der Waals surface area contributed by atoms with Crippen molar-refractivity contribution in [1.29, 1.82) is 0 Å². The molecule has 0 fully saturated rings. The summed E-state index contributed by atoms with van der Waals surface area (Å²) in [4.78, 5) is 48.3. The van der Waals surface area contributed by atoms with E-state index in [9.17, 15) is 14.7 Å². The summed E-state index contributed by atoms with van der Waals surface area (Å²) >= 11 is 16.1. The summed E-state index contributed by atoms with van der Waals surface area (Å²) in [7, 11) is 1.66. The van der Waals surface area contributed by atoms with Crippen LogP contribution in [0.15, 0.2) is 61.7 Å². The molecule has 15 nitrogen and oxygen atoms in total. The Bertz CT molecular complexity index is 2910. The highest BCUT2D eigenvalue weighted by molar-refractivity contribution is 7.19. The monoisotopic (exact) mass is 883 g/mol. The molecule has 0 aromatic carbocycles. The third-order valence-corrected chi connectivity index (χ3v) is 14.1. The molecular weight excluding hydrogens is 846 g/mol. The average Bonchev–Trinajstić information content (AvgIpc) is 4.06. The van der Waals surface area contributed by atoms with Gasteiger partial charge in [0.1, 0.15) is 34.0 Å². The average molecular weight is 885 g/mol. The van der Waals surface area contributed by atoms with E-state index in [1.54, 1.807) is 69.9 Å². The Morgan fingerprint density at radius 1 is 0.833 bits per heavy atom. The molecule has 0 saturated carbocycles. The molecule has 2 atom stereocenters. The third-order valence-electron chi connectivity index (χ3n) is 11.1. The van der Waals surface area contributed by atoms with Crippen molar-refractivity contribution >= 4 is 112 Å². The van der Waals surface area contributed by atoms with Gasteiger partial charge >= 0.3 is 5.97 Å². The van der Waals surface area contributed by atoms with Crippen LogP contribution in [0.1, 0.15) is 40.6 Å². The number of likely N-dealkylation sites (N-methyl/N-ethyl adjacent to an activating group) is 1. The van der Waals surface area contributed by atoms with Crippen LogP contribution in [0.3, 0.4) is 0 Å². The summed E-state index contributed by atoms with van der Waals surface area (Å²) in [6.45, 7) is 3.89. The van der Waals surface area contributed by atoms with Gasteiger partial charge in [-0.1, -0.05) is 23.2 Å². The van der Waals surface area contributed by atoms with Gasteiger partial charge in [-0.25, -0.2) is 29.0 Å². The molecule has 0 spiro atoms. The van der Waals surface area contributed by atoms with E-state index in [4.69, 9.17) is 27.9 Å². The fraction of sp³-hybridized carbons (Fsp3) is 0.317. The number of hydrogen-bond donors (Lipinski definition) is 3. The van der Waals surface area contributed by atoms with Crippen LogP contribution in [0.4, 0.5) is 23.0 Å². The maximum atomic E-state index is 13.1. The van der Waals surface area contributed by atoms with Gasteiger partial charge in [0.2, 0.25) is 5.91 Å². The van der Waals surface area contributed by atoms with Gasteiger partial charge in [-0.2, -0.15) is 10.2 Å². The van der Waals surface area contributed by atoms with Crippen molar-refractivity contribution in [2.45, 2.75) is 45.4 Å². The molecular formula is C41H39Cl2N11O4S2. The second-order valence-corrected chi connectivity index (χ2v) is 17.6. The summed E-state index contributed by atoms with van der Waals surface area (Å²) in [5, 5.41) is 27.6. The molecule has 8 aromatic heterocycles. The number of carboxylic acid groups (broad SMARTS) is 1. The van der Waals surface area contributed by atoms with E-state index < -0.39 is 5.97 Å². The number of carboxylic acids is 1. The van der Waals surface area contributed by atoms with E-state index in [0.29, 0.717) is 54.8 Å². The quantitative estimate of drug-likeness (QED) is 0.120. The minimum atomic E-state index is -0.733. The standard InChI is InChI=1S/C23H25ClN6O2S.C18H14ClN5O2S/c1-3-29(8-9-32-2)23(31)14-4-5-16-19(10-14)33-22-20(16)21(25-13-26-22)28-18-11-15-6-7-27-30(15)12-17(18)24;19-12-7-24-10(3-4-22-24)6-13(12)23-16-15-11-2-1-9(18(25)26)5-14(11)27-17(15)21-8-20-16/h6-7,11-14H,3-5,8-10H2,1-2H3,(H,25,26,28);3-4,6-9H,1-2,5H2,(H,25,26)(H,20,21,23)/t14-;9-/m00/s1. The van der Waals surface area contributed by atoms with Crippen LogP contribution < -0.4 is 10.6 Å². The number of thiophene rings is 2. The maximum Gasteiger partial charge on any atom is 0.306 e. The molecule has 0 bridgehead atoms. The first kappa shape index (κ1) is 40.0. The molecule has 0 saturated heterocycles. The molecule has 2 aliphatic carbocycles. The Morgan fingerprint density at radius 2 is 1.35 bits per heavy atom. The zero-order valence-electron chi connectivity index (χ0n) is 32.6. The molecule has 0 aliphatic heterocycles. The Balaban J connectivity index is 0.000000157. The second-order valence-electron chi connectivity index (χ2n) is 14.7. The van der Waals surface area contributed by atoms with Gasteiger partial charge < -0.3 is 25.4 Å². The Labute approximate surface area is 361 Å². The number of aryl methyl sites for hydroxylation is 2. The first-order valence-electron chi connectivity index (χ1n) is 19.5. The largest absolute Gasteiger partial charge is 0.481 e. The SMILES string of the molecule is CCN(CCOC)C(=O)[C@H]1CCc2c(sc3ncnc(Nc4cc5ccnn5cc4Cl)c23)C1.O=C(O)[C@H]1CCc2c(sc3ncnc(Nc4cc5ccnn5cc4Cl)c23)C1. The van der Waals surface area contributed by atoms with E-state index in [1.165, 1.54) is 16.8 Å². The van der Waals surface area contributed by atoms with Crippen LogP contribution in [-0.4, -0.2) is 87.9 Å². The molecule has 8 heterocycles. The fourth-order valence-corrected chi connectivity index (χ4v) is 11.0. The van der Waals surface area contributed by atoms with E-state index in [1.807, 2.05) is 36.1 Å². The second kappa shape index (κ2) is 16.9. The molecule has 60 heavy (non-hydrogen) atoms. The number of aromatic nitrogens is 8. The first-order valence-corrected chi connectivity index (χ1v) is 21.9. The molecule has 0 unspecified atom stereocenters. The zero-order valence-corrected chi connectivity index (χ0v) is 35.7. The number of halogens is 2. The Kier molecular flexibility index (Phi) is 11.3. The van der Waals surface area contributed by atoms with E-state index >= 15 is 0 Å². The van der Waals surface area contributed by atoms with Crippen LogP contribution in [0.25, 0.3) is 31.5 Å². The number of aliphatic carboxylic acids is 1. The fourth-order valence-electron chi connectivity index (χ4n) is 8.04. The number of amides is 1. The molecule has 1 amide bonds. The predicted octanol–water partition coefficient (Wildman–Crippen LogP) is 8.26. The lowest BCUT2D eigenvalue weighted by Gasteiger charge is -2.28. The van der Waals surface area contributed by atoms with Crippen molar-refractivity contribution in [1.82, 2.24) is 44.1 Å². The Morgan fingerprint density at radius 3 is 1.85 bits per heavy atom. The molecule has 8 aromatic rings. The Hall–Kier alpha value is -5.46. The zero-order chi connectivity index (χ0) is 41.5. The number of methoxy groups -OCH3 is 1. The van der Waals surface area contributed by atoms with Gasteiger partial charge in [0, 0.05) is 60.7 Å². The van der Waals surface area contributed by atoms with Crippen molar-refractivity contribution < 1.29 is 19.4 Å². The maximum absolute atomic E-state index is 13.1. The van der Waals surface area contributed by atoms with Gasteiger partial charge in [0.15, 0.2) is 0 Å². The van der Waals surface area contributed by atoms with Gasteiger partial charge in [-0.15, -0.1) is 22.7 Å². The summed E-state index contributed by atoms with van der Waals surface area (Å²) in [5.74, 6) is 0.575. The van der Waals surface area contributed by atoms with Gasteiger partial charge in [0.05, 0.1) is 55.8 Å². The van der Waals surface area contributed by atoms with E-state index in [-0.39, 0.29) is 17.7 Å². The third kappa shape index (κ3) is 7.71. The lowest BCUT2D eigenvalue weighted by atomic mass is 9.87. The van der Waals surface area contributed by atoms with E-state index in [0.717, 1.165) is 78.4 Å². The number of nitrogens with one attached hydrogen (secondary N) is 2. The minimum Gasteiger partial charge on any atom is -0.481 e. The predicted molar refractivity (Wildman–Crippen MR) is 235 cm³/mol. The highest BCUT2D eigenvalue weighted by Gasteiger charge is 2.32. The number of fused-ring (bicyclic) bond motifs is 8. The van der Waals surface area contributed by atoms with Gasteiger partial charge in [-0.3, -0.25) is 9.59 Å². The van der Waals surface area contributed by atoms with E-state index in [2.05, 4.69) is 40.8 Å².